The van der Waals surface area contributed by atoms with Gasteiger partial charge in [0.25, 0.3) is 5.91 Å². The number of fused-ring (bicyclic) bond motifs is 1. The number of H-pyrrole nitrogens is 1. The molecule has 4 aromatic rings. The van der Waals surface area contributed by atoms with E-state index in [1.807, 2.05) is 72.9 Å². The molecule has 4 rings (SSSR count). The second-order valence-electron chi connectivity index (χ2n) is 11.4. The average Bonchev–Trinajstić information content (AvgIpc) is 3.38. The van der Waals surface area contributed by atoms with Gasteiger partial charge in [0.05, 0.1) is 0 Å². The normalized spacial score (nSPS) is 12.9. The highest BCUT2D eigenvalue weighted by atomic mass is 16.6. The number of nitrogens with two attached hydrogens (primary N) is 1. The van der Waals surface area contributed by atoms with E-state index in [2.05, 4.69) is 15.6 Å². The van der Waals surface area contributed by atoms with Crippen LogP contribution in [0.5, 0.6) is 0 Å². The molecule has 0 aliphatic carbocycles. The molecule has 0 bridgehead atoms. The Kier molecular flexibility index (Phi) is 10.1. The molecule has 42 heavy (non-hydrogen) atoms. The molecule has 3 aromatic carbocycles. The molecule has 0 fully saturated rings. The minimum absolute atomic E-state index is 0.230. The van der Waals surface area contributed by atoms with Crippen LogP contribution in [0.4, 0.5) is 0 Å². The lowest BCUT2D eigenvalue weighted by Crippen LogP contribution is -2.53. The Labute approximate surface area is 247 Å². The fraction of sp³-hybridized carbons (Fsp3) is 0.324. The van der Waals surface area contributed by atoms with Gasteiger partial charge in [0.2, 0.25) is 5.91 Å². The largest absolute Gasteiger partial charge is 0.458 e. The van der Waals surface area contributed by atoms with Crippen molar-refractivity contribution in [1.29, 1.82) is 0 Å². The Morgan fingerprint density at radius 2 is 1.50 bits per heavy atom. The number of amides is 2. The number of para-hydroxylation sites is 1. The number of nitrogens with one attached hydrogen (secondary N) is 3. The van der Waals surface area contributed by atoms with Crippen LogP contribution in [0.1, 0.15) is 56.0 Å². The van der Waals surface area contributed by atoms with Crippen LogP contribution in [-0.2, 0) is 20.7 Å². The van der Waals surface area contributed by atoms with Crippen molar-refractivity contribution in [1.82, 2.24) is 15.6 Å². The zero-order valence-electron chi connectivity index (χ0n) is 24.5. The van der Waals surface area contributed by atoms with Gasteiger partial charge in [-0.3, -0.25) is 9.59 Å². The van der Waals surface area contributed by atoms with Crippen LogP contribution in [0.25, 0.3) is 22.0 Å². The summed E-state index contributed by atoms with van der Waals surface area (Å²) < 4.78 is 5.60. The molecule has 0 radical (unpaired) electrons. The molecule has 5 N–H and O–H groups in total. The van der Waals surface area contributed by atoms with Crippen LogP contribution in [-0.4, -0.2) is 47.0 Å². The van der Waals surface area contributed by atoms with E-state index in [9.17, 15) is 14.4 Å². The SMILES string of the molecule is CC(C)(C)OC(=O)[C@H](CCCCN)NC(=O)[C@@H](Cc1c[nH]c2ccccc12)NC(=O)c1ccc(-c2ccccc2)cc1. The summed E-state index contributed by atoms with van der Waals surface area (Å²) in [4.78, 5) is 43.4. The van der Waals surface area contributed by atoms with Gasteiger partial charge in [0.15, 0.2) is 0 Å². The zero-order valence-corrected chi connectivity index (χ0v) is 24.5. The van der Waals surface area contributed by atoms with Crippen molar-refractivity contribution >= 4 is 28.7 Å². The first-order valence-electron chi connectivity index (χ1n) is 14.4. The Hall–Kier alpha value is -4.43. The van der Waals surface area contributed by atoms with Crippen molar-refractivity contribution < 1.29 is 19.1 Å². The van der Waals surface area contributed by atoms with E-state index in [1.54, 1.807) is 32.9 Å². The van der Waals surface area contributed by atoms with Gasteiger partial charge in [0.1, 0.15) is 17.7 Å². The topological polar surface area (TPSA) is 126 Å². The van der Waals surface area contributed by atoms with Gasteiger partial charge >= 0.3 is 5.97 Å². The van der Waals surface area contributed by atoms with E-state index >= 15 is 0 Å². The summed E-state index contributed by atoms with van der Waals surface area (Å²) in [5.74, 6) is -1.36. The Bertz CT molecular complexity index is 1490. The molecular formula is C34H40N4O4. The number of hydrogen-bond acceptors (Lipinski definition) is 5. The molecule has 0 aliphatic rings. The highest BCUT2D eigenvalue weighted by Crippen LogP contribution is 2.21. The minimum Gasteiger partial charge on any atom is -0.458 e. The molecule has 8 nitrogen and oxygen atoms in total. The maximum absolute atomic E-state index is 13.8. The number of carbonyl (C=O) groups excluding carboxylic acids is 3. The number of ether oxygens (including phenoxy) is 1. The van der Waals surface area contributed by atoms with Gasteiger partial charge in [0, 0.05) is 29.1 Å². The molecule has 0 aliphatic heterocycles. The van der Waals surface area contributed by atoms with E-state index in [4.69, 9.17) is 10.5 Å². The highest BCUT2D eigenvalue weighted by molar-refractivity contribution is 5.99. The van der Waals surface area contributed by atoms with Gasteiger partial charge in [-0.2, -0.15) is 0 Å². The first kappa shape index (κ1) is 30.5. The van der Waals surface area contributed by atoms with Gasteiger partial charge in [-0.25, -0.2) is 4.79 Å². The average molecular weight is 569 g/mol. The summed E-state index contributed by atoms with van der Waals surface area (Å²) >= 11 is 0. The number of benzene rings is 3. The third-order valence-electron chi connectivity index (χ3n) is 6.93. The van der Waals surface area contributed by atoms with E-state index in [1.165, 1.54) is 0 Å². The lowest BCUT2D eigenvalue weighted by atomic mass is 10.0. The monoisotopic (exact) mass is 568 g/mol. The summed E-state index contributed by atoms with van der Waals surface area (Å²) in [6, 6.07) is 23.1. The molecule has 2 atom stereocenters. The van der Waals surface area contributed by atoms with Crippen LogP contribution in [0.15, 0.2) is 85.1 Å². The van der Waals surface area contributed by atoms with Gasteiger partial charge < -0.3 is 26.1 Å². The number of carbonyl (C=O) groups is 3. The fourth-order valence-electron chi connectivity index (χ4n) is 4.80. The van der Waals surface area contributed by atoms with E-state index < -0.39 is 29.6 Å². The van der Waals surface area contributed by atoms with Crippen LogP contribution < -0.4 is 16.4 Å². The van der Waals surface area contributed by atoms with Gasteiger partial charge in [-0.1, -0.05) is 60.7 Å². The third kappa shape index (κ3) is 8.30. The lowest BCUT2D eigenvalue weighted by molar-refractivity contribution is -0.159. The molecule has 0 saturated heterocycles. The number of hydrogen-bond donors (Lipinski definition) is 4. The lowest BCUT2D eigenvalue weighted by Gasteiger charge is -2.26. The van der Waals surface area contributed by atoms with E-state index in [-0.39, 0.29) is 12.3 Å². The summed E-state index contributed by atoms with van der Waals surface area (Å²) in [7, 11) is 0. The number of aromatic amines is 1. The third-order valence-corrected chi connectivity index (χ3v) is 6.93. The number of esters is 1. The van der Waals surface area contributed by atoms with Crippen molar-refractivity contribution in [2.45, 2.75) is 64.1 Å². The molecule has 0 saturated carbocycles. The number of aromatic nitrogens is 1. The van der Waals surface area contributed by atoms with Crippen LogP contribution in [0.3, 0.4) is 0 Å². The first-order chi connectivity index (χ1) is 20.1. The molecule has 8 heteroatoms. The maximum Gasteiger partial charge on any atom is 0.329 e. The van der Waals surface area contributed by atoms with Crippen molar-refractivity contribution in [3.63, 3.8) is 0 Å². The smallest absolute Gasteiger partial charge is 0.329 e. The van der Waals surface area contributed by atoms with E-state index in [0.29, 0.717) is 31.4 Å². The standard InChI is InChI=1S/C34H40N4O4/c1-34(2,3)42-33(41)29(15-9-10-20-35)37-32(40)30(21-26-22-36-28-14-8-7-13-27(26)28)38-31(39)25-18-16-24(17-19-25)23-11-5-4-6-12-23/h4-8,11-14,16-19,22,29-30,36H,9-10,15,20-21,35H2,1-3H3,(H,37,40)(H,38,39)/t29-,30+/m0/s1. The molecule has 220 valence electrons. The molecule has 1 heterocycles. The number of rotatable bonds is 12. The molecule has 0 spiro atoms. The zero-order chi connectivity index (χ0) is 30.1. The second-order valence-corrected chi connectivity index (χ2v) is 11.4. The van der Waals surface area contributed by atoms with Crippen molar-refractivity contribution in [3.05, 3.63) is 96.2 Å². The first-order valence-corrected chi connectivity index (χ1v) is 14.4. The van der Waals surface area contributed by atoms with Gasteiger partial charge in [-0.05, 0) is 81.5 Å². The Morgan fingerprint density at radius 1 is 0.833 bits per heavy atom. The summed E-state index contributed by atoms with van der Waals surface area (Å²) in [6.07, 6.45) is 3.82. The minimum atomic E-state index is -0.940. The molecule has 2 amide bonds. The summed E-state index contributed by atoms with van der Waals surface area (Å²) in [5, 5.41) is 6.75. The van der Waals surface area contributed by atoms with Gasteiger partial charge in [-0.15, -0.1) is 0 Å². The Balaban J connectivity index is 1.56. The predicted octanol–water partition coefficient (Wildman–Crippen LogP) is 5.13. The number of unbranched alkanes of at least 4 members (excludes halogenated alkanes) is 1. The summed E-state index contributed by atoms with van der Waals surface area (Å²) in [5.41, 5.74) is 9.22. The molecule has 0 unspecified atom stereocenters. The summed E-state index contributed by atoms with van der Waals surface area (Å²) in [6.45, 7) is 5.84. The molecular weight excluding hydrogens is 528 g/mol. The Morgan fingerprint density at radius 3 is 2.19 bits per heavy atom. The van der Waals surface area contributed by atoms with E-state index in [0.717, 1.165) is 27.6 Å². The van der Waals surface area contributed by atoms with Crippen molar-refractivity contribution in [3.8, 4) is 11.1 Å². The van der Waals surface area contributed by atoms with Crippen LogP contribution in [0, 0.1) is 0 Å². The second kappa shape index (κ2) is 14.0. The maximum atomic E-state index is 13.8. The van der Waals surface area contributed by atoms with Crippen LogP contribution >= 0.6 is 0 Å². The molecule has 1 aromatic heterocycles. The fourth-order valence-corrected chi connectivity index (χ4v) is 4.80. The van der Waals surface area contributed by atoms with Crippen LogP contribution in [0.2, 0.25) is 0 Å². The van der Waals surface area contributed by atoms with Crippen molar-refractivity contribution in [2.75, 3.05) is 6.54 Å². The highest BCUT2D eigenvalue weighted by Gasteiger charge is 2.30. The predicted molar refractivity (Wildman–Crippen MR) is 166 cm³/mol. The van der Waals surface area contributed by atoms with Crippen molar-refractivity contribution in [2.24, 2.45) is 5.73 Å². The quantitative estimate of drug-likeness (QED) is 0.139.